The molecule has 1 N–H and O–H groups in total. The minimum absolute atomic E-state index is 0.159. The Kier molecular flexibility index (Phi) is 3.17. The van der Waals surface area contributed by atoms with Gasteiger partial charge in [0, 0.05) is 5.56 Å². The molecule has 1 aromatic carbocycles. The van der Waals surface area contributed by atoms with Crippen LogP contribution in [-0.4, -0.2) is 12.6 Å². The van der Waals surface area contributed by atoms with Gasteiger partial charge < -0.3 is 10.1 Å². The first-order valence-electron chi connectivity index (χ1n) is 5.42. The van der Waals surface area contributed by atoms with Crippen molar-refractivity contribution in [2.75, 3.05) is 6.54 Å². The van der Waals surface area contributed by atoms with Crippen LogP contribution in [0, 0.1) is 0 Å². The number of hydrogen-bond donors (Lipinski definition) is 1. The summed E-state index contributed by atoms with van der Waals surface area (Å²) in [5, 5.41) is 4.19. The molecule has 82 valence electrons. The van der Waals surface area contributed by atoms with Crippen molar-refractivity contribution >= 4 is 11.6 Å². The minimum Gasteiger partial charge on any atom is -0.487 e. The predicted molar refractivity (Wildman–Crippen MR) is 62.6 cm³/mol. The Morgan fingerprint density at radius 3 is 3.00 bits per heavy atom. The van der Waals surface area contributed by atoms with Crippen LogP contribution in [0.1, 0.15) is 31.9 Å². The molecule has 2 atom stereocenters. The molecule has 0 saturated heterocycles. The molecule has 2 rings (SSSR count). The smallest absolute Gasteiger partial charge is 0.143 e. The fourth-order valence-corrected chi connectivity index (χ4v) is 2.20. The topological polar surface area (TPSA) is 21.3 Å². The number of para-hydroxylation sites is 1. The second kappa shape index (κ2) is 4.42. The van der Waals surface area contributed by atoms with Gasteiger partial charge in [0.1, 0.15) is 11.9 Å². The number of hydrogen-bond acceptors (Lipinski definition) is 2. The molecule has 1 aromatic rings. The summed E-state index contributed by atoms with van der Waals surface area (Å²) >= 11 is 6.08. The summed E-state index contributed by atoms with van der Waals surface area (Å²) in [6.07, 6.45) is 1.28. The molecule has 0 bridgehead atoms. The molecule has 0 fully saturated rings. The summed E-state index contributed by atoms with van der Waals surface area (Å²) in [5.41, 5.74) is 1.18. The van der Waals surface area contributed by atoms with Crippen LogP contribution in [0.4, 0.5) is 0 Å². The lowest BCUT2D eigenvalue weighted by Crippen LogP contribution is -2.29. The van der Waals surface area contributed by atoms with Gasteiger partial charge in [0.25, 0.3) is 0 Å². The van der Waals surface area contributed by atoms with Gasteiger partial charge in [-0.25, -0.2) is 0 Å². The van der Waals surface area contributed by atoms with Crippen LogP contribution >= 0.6 is 11.6 Å². The van der Waals surface area contributed by atoms with E-state index in [-0.39, 0.29) is 12.1 Å². The van der Waals surface area contributed by atoms with Gasteiger partial charge in [-0.1, -0.05) is 30.7 Å². The average Bonchev–Trinajstić information content (AvgIpc) is 2.54. The highest BCUT2D eigenvalue weighted by Crippen LogP contribution is 2.41. The Hall–Kier alpha value is -0.730. The molecule has 0 aliphatic carbocycles. The number of nitrogens with one attached hydrogen (secondary N) is 1. The van der Waals surface area contributed by atoms with Crippen LogP contribution in [0.3, 0.4) is 0 Å². The quantitative estimate of drug-likeness (QED) is 0.853. The van der Waals surface area contributed by atoms with Crippen molar-refractivity contribution in [3.8, 4) is 5.75 Å². The van der Waals surface area contributed by atoms with Crippen LogP contribution in [0.2, 0.25) is 5.02 Å². The molecule has 1 aliphatic rings. The SMILES string of the molecule is CCCNC1c2cccc(Cl)c2OC1C. The van der Waals surface area contributed by atoms with Gasteiger partial charge in [0.15, 0.2) is 0 Å². The third-order valence-electron chi connectivity index (χ3n) is 2.72. The van der Waals surface area contributed by atoms with E-state index in [1.807, 2.05) is 12.1 Å². The number of ether oxygens (including phenoxy) is 1. The number of rotatable bonds is 3. The first-order valence-corrected chi connectivity index (χ1v) is 5.80. The number of fused-ring (bicyclic) bond motifs is 1. The molecule has 0 radical (unpaired) electrons. The van der Waals surface area contributed by atoms with Gasteiger partial charge in [-0.2, -0.15) is 0 Å². The lowest BCUT2D eigenvalue weighted by atomic mass is 10.0. The summed E-state index contributed by atoms with van der Waals surface area (Å²) in [4.78, 5) is 0. The predicted octanol–water partition coefficient (Wildman–Crippen LogP) is 3.16. The van der Waals surface area contributed by atoms with E-state index in [4.69, 9.17) is 16.3 Å². The van der Waals surface area contributed by atoms with Crippen molar-refractivity contribution in [3.05, 3.63) is 28.8 Å². The molecule has 2 unspecified atom stereocenters. The first-order chi connectivity index (χ1) is 7.24. The van der Waals surface area contributed by atoms with Gasteiger partial charge in [-0.15, -0.1) is 0 Å². The molecule has 15 heavy (non-hydrogen) atoms. The summed E-state index contributed by atoms with van der Waals surface area (Å²) < 4.78 is 5.75. The third kappa shape index (κ3) is 1.97. The average molecular weight is 226 g/mol. The Balaban J connectivity index is 2.25. The number of benzene rings is 1. The second-order valence-corrected chi connectivity index (χ2v) is 4.32. The third-order valence-corrected chi connectivity index (χ3v) is 3.02. The van der Waals surface area contributed by atoms with Gasteiger partial charge in [0.05, 0.1) is 11.1 Å². The fourth-order valence-electron chi connectivity index (χ4n) is 1.98. The maximum absolute atomic E-state index is 6.08. The molecule has 3 heteroatoms. The van der Waals surface area contributed by atoms with Crippen molar-refractivity contribution < 1.29 is 4.74 Å². The Bertz CT molecular complexity index is 353. The van der Waals surface area contributed by atoms with Crippen LogP contribution in [0.25, 0.3) is 0 Å². The molecule has 0 amide bonds. The van der Waals surface area contributed by atoms with Crippen LogP contribution in [-0.2, 0) is 0 Å². The van der Waals surface area contributed by atoms with E-state index in [0.29, 0.717) is 5.02 Å². The molecule has 0 saturated carbocycles. The first kappa shape index (κ1) is 10.8. The Labute approximate surface area is 95.6 Å². The zero-order valence-electron chi connectivity index (χ0n) is 9.09. The van der Waals surface area contributed by atoms with E-state index in [0.717, 1.165) is 18.7 Å². The van der Waals surface area contributed by atoms with Crippen molar-refractivity contribution in [1.29, 1.82) is 0 Å². The van der Waals surface area contributed by atoms with E-state index in [2.05, 4.69) is 25.2 Å². The maximum atomic E-state index is 6.08. The highest BCUT2D eigenvalue weighted by Gasteiger charge is 2.31. The van der Waals surface area contributed by atoms with E-state index in [1.54, 1.807) is 0 Å². The van der Waals surface area contributed by atoms with Gasteiger partial charge in [-0.05, 0) is 26.0 Å². The van der Waals surface area contributed by atoms with Gasteiger partial charge >= 0.3 is 0 Å². The maximum Gasteiger partial charge on any atom is 0.143 e. The summed E-state index contributed by atoms with van der Waals surface area (Å²) in [6.45, 7) is 5.24. The Morgan fingerprint density at radius 2 is 2.27 bits per heavy atom. The zero-order chi connectivity index (χ0) is 10.8. The van der Waals surface area contributed by atoms with Crippen molar-refractivity contribution in [3.63, 3.8) is 0 Å². The van der Waals surface area contributed by atoms with Crippen LogP contribution in [0.5, 0.6) is 5.75 Å². The van der Waals surface area contributed by atoms with E-state index in [9.17, 15) is 0 Å². The van der Waals surface area contributed by atoms with E-state index < -0.39 is 0 Å². The highest BCUT2D eigenvalue weighted by atomic mass is 35.5. The lowest BCUT2D eigenvalue weighted by molar-refractivity contribution is 0.210. The molecule has 1 aliphatic heterocycles. The van der Waals surface area contributed by atoms with Gasteiger partial charge in [0.2, 0.25) is 0 Å². The number of halogens is 1. The molecule has 0 aromatic heterocycles. The normalized spacial score (nSPS) is 23.7. The zero-order valence-corrected chi connectivity index (χ0v) is 9.84. The fraction of sp³-hybridized carbons (Fsp3) is 0.500. The molecule has 1 heterocycles. The minimum atomic E-state index is 0.159. The molecular formula is C12H16ClNO. The van der Waals surface area contributed by atoms with Crippen molar-refractivity contribution in [1.82, 2.24) is 5.32 Å². The molecular weight excluding hydrogens is 210 g/mol. The van der Waals surface area contributed by atoms with E-state index in [1.165, 1.54) is 5.56 Å². The lowest BCUT2D eigenvalue weighted by Gasteiger charge is -2.15. The highest BCUT2D eigenvalue weighted by molar-refractivity contribution is 6.32. The standard InChI is InChI=1S/C12H16ClNO/c1-3-7-14-11-8(2)15-12-9(11)5-4-6-10(12)13/h4-6,8,11,14H,3,7H2,1-2H3. The van der Waals surface area contributed by atoms with Crippen molar-refractivity contribution in [2.24, 2.45) is 0 Å². The van der Waals surface area contributed by atoms with Crippen LogP contribution < -0.4 is 10.1 Å². The van der Waals surface area contributed by atoms with Crippen molar-refractivity contribution in [2.45, 2.75) is 32.4 Å². The van der Waals surface area contributed by atoms with E-state index >= 15 is 0 Å². The summed E-state index contributed by atoms with van der Waals surface area (Å²) in [5.74, 6) is 0.847. The summed E-state index contributed by atoms with van der Waals surface area (Å²) in [6, 6.07) is 6.20. The van der Waals surface area contributed by atoms with Crippen LogP contribution in [0.15, 0.2) is 18.2 Å². The Morgan fingerprint density at radius 1 is 1.47 bits per heavy atom. The molecule has 2 nitrogen and oxygen atoms in total. The summed E-state index contributed by atoms with van der Waals surface area (Å²) in [7, 11) is 0. The monoisotopic (exact) mass is 225 g/mol. The second-order valence-electron chi connectivity index (χ2n) is 3.91. The van der Waals surface area contributed by atoms with Gasteiger partial charge in [-0.3, -0.25) is 0 Å². The molecule has 0 spiro atoms. The largest absolute Gasteiger partial charge is 0.487 e.